The van der Waals surface area contributed by atoms with Crippen molar-refractivity contribution in [1.29, 1.82) is 0 Å². The van der Waals surface area contributed by atoms with Crippen LogP contribution >= 0.6 is 0 Å². The molecule has 1 N–H and O–H groups in total. The first-order valence-electron chi connectivity index (χ1n) is 11.4. The van der Waals surface area contributed by atoms with Crippen molar-refractivity contribution in [3.05, 3.63) is 65.5 Å². The Labute approximate surface area is 181 Å². The van der Waals surface area contributed by atoms with E-state index in [1.165, 1.54) is 56.0 Å². The van der Waals surface area contributed by atoms with E-state index in [1.807, 2.05) is 0 Å². The number of hydrogen-bond donors (Lipinski definition) is 1. The number of halogens is 3. The molecular weight excluding hydrogens is 397 g/mol. The van der Waals surface area contributed by atoms with E-state index in [0.29, 0.717) is 10.9 Å². The van der Waals surface area contributed by atoms with E-state index < -0.39 is 23.2 Å². The first-order chi connectivity index (χ1) is 15.0. The van der Waals surface area contributed by atoms with Crippen molar-refractivity contribution in [3.63, 3.8) is 0 Å². The van der Waals surface area contributed by atoms with Gasteiger partial charge < -0.3 is 5.11 Å². The molecule has 0 bridgehead atoms. The van der Waals surface area contributed by atoms with Gasteiger partial charge >= 0.3 is 0 Å². The summed E-state index contributed by atoms with van der Waals surface area (Å²) in [6, 6.07) is 10.2. The van der Waals surface area contributed by atoms with E-state index >= 15 is 8.78 Å². The predicted molar refractivity (Wildman–Crippen MR) is 120 cm³/mol. The molecule has 0 aliphatic heterocycles. The molecule has 0 aromatic heterocycles. The third kappa shape index (κ3) is 4.58. The Balaban J connectivity index is 1.54. The first kappa shape index (κ1) is 21.7. The molecule has 0 heterocycles. The lowest BCUT2D eigenvalue weighted by Gasteiger charge is -2.29. The zero-order valence-electron chi connectivity index (χ0n) is 17.9. The highest BCUT2D eigenvalue weighted by Gasteiger charge is 2.24. The van der Waals surface area contributed by atoms with Crippen LogP contribution < -0.4 is 0 Å². The molecule has 0 unspecified atom stereocenters. The van der Waals surface area contributed by atoms with Crippen LogP contribution in [0.3, 0.4) is 0 Å². The Bertz CT molecular complexity index is 1040. The molecule has 4 rings (SSSR count). The van der Waals surface area contributed by atoms with E-state index in [2.05, 4.69) is 6.92 Å². The SMILES string of the molecule is CCCCCC1CCC(c2cc(F)c(-c3ccc4c(F)c(O)ccc4c3)c(F)c2)CC1. The van der Waals surface area contributed by atoms with E-state index in [1.54, 1.807) is 12.1 Å². The molecule has 1 fully saturated rings. The second kappa shape index (κ2) is 9.33. The van der Waals surface area contributed by atoms with Crippen molar-refractivity contribution < 1.29 is 18.3 Å². The molecule has 1 aliphatic carbocycles. The lowest BCUT2D eigenvalue weighted by molar-refractivity contribution is 0.302. The van der Waals surface area contributed by atoms with Gasteiger partial charge in [0.25, 0.3) is 0 Å². The zero-order valence-corrected chi connectivity index (χ0v) is 17.9. The number of hydrogen-bond acceptors (Lipinski definition) is 1. The number of aromatic hydroxyl groups is 1. The Morgan fingerprint density at radius 3 is 2.26 bits per heavy atom. The molecule has 1 aliphatic rings. The molecule has 0 amide bonds. The zero-order chi connectivity index (χ0) is 22.0. The number of rotatable bonds is 6. The van der Waals surface area contributed by atoms with Crippen LogP contribution in [0.15, 0.2) is 42.5 Å². The van der Waals surface area contributed by atoms with Gasteiger partial charge in [-0.05, 0) is 78.3 Å². The summed E-state index contributed by atoms with van der Waals surface area (Å²) in [4.78, 5) is 0. The minimum atomic E-state index is -0.731. The maximum Gasteiger partial charge on any atom is 0.172 e. The molecule has 0 saturated heterocycles. The van der Waals surface area contributed by atoms with Crippen molar-refractivity contribution in [2.45, 2.75) is 64.2 Å². The van der Waals surface area contributed by atoms with Crippen molar-refractivity contribution in [2.24, 2.45) is 5.92 Å². The van der Waals surface area contributed by atoms with Crippen LogP contribution in [0.25, 0.3) is 21.9 Å². The number of phenolic OH excluding ortho intramolecular Hbond substituents is 1. The van der Waals surface area contributed by atoms with Crippen LogP contribution in [0.5, 0.6) is 5.75 Å². The second-order valence-electron chi connectivity index (χ2n) is 8.91. The molecule has 0 spiro atoms. The minimum Gasteiger partial charge on any atom is -0.505 e. The van der Waals surface area contributed by atoms with Crippen molar-refractivity contribution >= 4 is 10.8 Å². The predicted octanol–water partition coefficient (Wildman–Crippen LogP) is 8.48. The van der Waals surface area contributed by atoms with Gasteiger partial charge in [0, 0.05) is 5.39 Å². The van der Waals surface area contributed by atoms with Gasteiger partial charge in [0.15, 0.2) is 11.6 Å². The maximum absolute atomic E-state index is 15.0. The summed E-state index contributed by atoms with van der Waals surface area (Å²) >= 11 is 0. The molecule has 4 heteroatoms. The van der Waals surface area contributed by atoms with Gasteiger partial charge in [-0.3, -0.25) is 0 Å². The fraction of sp³-hybridized carbons (Fsp3) is 0.407. The number of benzene rings is 3. The number of phenols is 1. The summed E-state index contributed by atoms with van der Waals surface area (Å²) in [5, 5.41) is 10.2. The lowest BCUT2D eigenvalue weighted by Crippen LogP contribution is -2.14. The van der Waals surface area contributed by atoms with Crippen LogP contribution in [-0.2, 0) is 0 Å². The van der Waals surface area contributed by atoms with Gasteiger partial charge in [-0.2, -0.15) is 0 Å². The standard InChI is InChI=1S/C27H29F3O/c1-2-3-4-5-17-6-8-18(9-7-17)21-15-23(28)26(24(29)16-21)20-10-12-22-19(14-20)11-13-25(31)27(22)30/h10-18,31H,2-9H2,1H3. The highest BCUT2D eigenvalue weighted by Crippen LogP contribution is 2.40. The largest absolute Gasteiger partial charge is 0.505 e. The van der Waals surface area contributed by atoms with Gasteiger partial charge in [-0.1, -0.05) is 50.8 Å². The highest BCUT2D eigenvalue weighted by molar-refractivity contribution is 5.89. The Morgan fingerprint density at radius 2 is 1.58 bits per heavy atom. The van der Waals surface area contributed by atoms with Crippen molar-refractivity contribution in [1.82, 2.24) is 0 Å². The molecule has 164 valence electrons. The average molecular weight is 427 g/mol. The number of unbranched alkanes of at least 4 members (excludes halogenated alkanes) is 2. The summed E-state index contributed by atoms with van der Waals surface area (Å²) in [6.07, 6.45) is 9.27. The summed E-state index contributed by atoms with van der Waals surface area (Å²) < 4.78 is 44.1. The van der Waals surface area contributed by atoms with Gasteiger partial charge in [0.05, 0.1) is 5.56 Å². The van der Waals surface area contributed by atoms with Crippen molar-refractivity contribution in [2.75, 3.05) is 0 Å². The molecular formula is C27H29F3O. The summed E-state index contributed by atoms with van der Waals surface area (Å²) in [5.41, 5.74) is 1.01. The van der Waals surface area contributed by atoms with E-state index in [0.717, 1.165) is 37.2 Å². The van der Waals surface area contributed by atoms with Crippen LogP contribution in [0.2, 0.25) is 0 Å². The normalized spacial score (nSPS) is 19.1. The Kier molecular flexibility index (Phi) is 6.54. The first-order valence-corrected chi connectivity index (χ1v) is 11.4. The lowest BCUT2D eigenvalue weighted by atomic mass is 9.76. The van der Waals surface area contributed by atoms with Crippen LogP contribution in [0, 0.1) is 23.4 Å². The molecule has 3 aromatic carbocycles. The third-order valence-electron chi connectivity index (χ3n) is 6.82. The van der Waals surface area contributed by atoms with Gasteiger partial charge in [-0.15, -0.1) is 0 Å². The molecule has 31 heavy (non-hydrogen) atoms. The molecule has 1 nitrogen and oxygen atoms in total. The topological polar surface area (TPSA) is 20.2 Å². The second-order valence-corrected chi connectivity index (χ2v) is 8.91. The monoisotopic (exact) mass is 426 g/mol. The molecule has 0 atom stereocenters. The smallest absolute Gasteiger partial charge is 0.172 e. The third-order valence-corrected chi connectivity index (χ3v) is 6.82. The van der Waals surface area contributed by atoms with E-state index in [-0.39, 0.29) is 16.9 Å². The maximum atomic E-state index is 15.0. The van der Waals surface area contributed by atoms with Crippen LogP contribution in [0.4, 0.5) is 13.2 Å². The van der Waals surface area contributed by atoms with Gasteiger partial charge in [-0.25, -0.2) is 13.2 Å². The van der Waals surface area contributed by atoms with E-state index in [4.69, 9.17) is 0 Å². The molecule has 3 aromatic rings. The summed E-state index contributed by atoms with van der Waals surface area (Å²) in [7, 11) is 0. The Hall–Kier alpha value is -2.49. The quantitative estimate of drug-likeness (QED) is 0.392. The summed E-state index contributed by atoms with van der Waals surface area (Å²) in [6.45, 7) is 2.21. The molecule has 0 radical (unpaired) electrons. The minimum absolute atomic E-state index is 0.0904. The van der Waals surface area contributed by atoms with Crippen LogP contribution in [-0.4, -0.2) is 5.11 Å². The van der Waals surface area contributed by atoms with Crippen molar-refractivity contribution in [3.8, 4) is 16.9 Å². The fourth-order valence-corrected chi connectivity index (χ4v) is 5.01. The molecule has 1 saturated carbocycles. The Morgan fingerprint density at radius 1 is 0.871 bits per heavy atom. The summed E-state index contributed by atoms with van der Waals surface area (Å²) in [5.74, 6) is -1.40. The average Bonchev–Trinajstić information content (AvgIpc) is 2.76. The van der Waals surface area contributed by atoms with Gasteiger partial charge in [0.2, 0.25) is 0 Å². The van der Waals surface area contributed by atoms with Crippen LogP contribution in [0.1, 0.15) is 69.8 Å². The highest BCUT2D eigenvalue weighted by atomic mass is 19.1. The number of fused-ring (bicyclic) bond motifs is 1. The van der Waals surface area contributed by atoms with Gasteiger partial charge in [0.1, 0.15) is 11.6 Å². The van der Waals surface area contributed by atoms with E-state index in [9.17, 15) is 9.50 Å². The fourth-order valence-electron chi connectivity index (χ4n) is 5.01.